The van der Waals surface area contributed by atoms with Gasteiger partial charge >= 0.3 is 6.03 Å². The lowest BCUT2D eigenvalue weighted by atomic mass is 9.92. The fourth-order valence-electron chi connectivity index (χ4n) is 6.64. The molecule has 5 amide bonds. The number of benzene rings is 3. The highest BCUT2D eigenvalue weighted by molar-refractivity contribution is 5.94. The van der Waals surface area contributed by atoms with Gasteiger partial charge < -0.3 is 31.9 Å². The molecule has 236 valence electrons. The van der Waals surface area contributed by atoms with E-state index in [1.165, 1.54) is 0 Å². The third-order valence-corrected chi connectivity index (χ3v) is 9.00. The monoisotopic (exact) mass is 610 g/mol. The quantitative estimate of drug-likeness (QED) is 0.227. The fraction of sp³-hybridized carbons (Fsp3) is 0.371. The number of fused-ring (bicyclic) bond motifs is 1. The van der Waals surface area contributed by atoms with Gasteiger partial charge in [-0.3, -0.25) is 14.4 Å². The molecule has 0 aliphatic carbocycles. The normalized spacial score (nSPS) is 21.8. The van der Waals surface area contributed by atoms with Crippen molar-refractivity contribution in [2.45, 2.75) is 62.3 Å². The molecule has 0 bridgehead atoms. The minimum absolute atomic E-state index is 0.135. The number of urea groups is 1. The summed E-state index contributed by atoms with van der Waals surface area (Å²) in [5.41, 5.74) is 8.24. The minimum atomic E-state index is -0.937. The van der Waals surface area contributed by atoms with Crippen LogP contribution < -0.4 is 27.0 Å². The highest BCUT2D eigenvalue weighted by Gasteiger charge is 2.48. The van der Waals surface area contributed by atoms with Crippen LogP contribution in [0.3, 0.4) is 0 Å². The Morgan fingerprint density at radius 3 is 2.00 bits per heavy atom. The third kappa shape index (κ3) is 7.69. The summed E-state index contributed by atoms with van der Waals surface area (Å²) in [4.78, 5) is 55.4. The van der Waals surface area contributed by atoms with Crippen LogP contribution in [0.2, 0.25) is 0 Å². The van der Waals surface area contributed by atoms with E-state index in [0.717, 1.165) is 16.7 Å². The molecule has 2 aliphatic heterocycles. The van der Waals surface area contributed by atoms with Crippen molar-refractivity contribution >= 4 is 23.8 Å². The van der Waals surface area contributed by atoms with Gasteiger partial charge in [-0.25, -0.2) is 4.79 Å². The van der Waals surface area contributed by atoms with Gasteiger partial charge in [-0.05, 0) is 55.8 Å². The zero-order chi connectivity index (χ0) is 31.8. The Labute approximate surface area is 264 Å². The van der Waals surface area contributed by atoms with Crippen LogP contribution in [0, 0.1) is 5.92 Å². The maximum atomic E-state index is 14.4. The number of carbonyl (C=O) groups excluding carboxylic acids is 4. The molecule has 5 rings (SSSR count). The predicted molar refractivity (Wildman–Crippen MR) is 172 cm³/mol. The highest BCUT2D eigenvalue weighted by Crippen LogP contribution is 2.35. The van der Waals surface area contributed by atoms with Crippen molar-refractivity contribution in [3.8, 4) is 0 Å². The van der Waals surface area contributed by atoms with Crippen molar-refractivity contribution in [2.75, 3.05) is 13.6 Å². The number of primary amides is 1. The van der Waals surface area contributed by atoms with E-state index >= 15 is 0 Å². The number of hydrogen-bond acceptors (Lipinski definition) is 5. The molecular weight excluding hydrogens is 568 g/mol. The van der Waals surface area contributed by atoms with Crippen molar-refractivity contribution < 1.29 is 19.2 Å². The second-order valence-corrected chi connectivity index (χ2v) is 11.9. The van der Waals surface area contributed by atoms with Crippen molar-refractivity contribution in [1.82, 2.24) is 26.2 Å². The van der Waals surface area contributed by atoms with Crippen molar-refractivity contribution in [1.29, 1.82) is 0 Å². The van der Waals surface area contributed by atoms with Gasteiger partial charge in [0.25, 0.3) is 0 Å². The lowest BCUT2D eigenvalue weighted by molar-refractivity contribution is -0.143. The van der Waals surface area contributed by atoms with E-state index in [2.05, 4.69) is 21.3 Å². The van der Waals surface area contributed by atoms with Gasteiger partial charge in [0.05, 0.1) is 12.1 Å². The maximum Gasteiger partial charge on any atom is 0.312 e. The molecule has 5 atom stereocenters. The van der Waals surface area contributed by atoms with Gasteiger partial charge in [0.2, 0.25) is 17.7 Å². The SMILES string of the molecule is CN[C@H](Cc1ccccc1)C(=O)N[C@@H]1C(=O)N2[C@@H](CC[C@@H]1CNC(N)=O)CC[C@H]2C(=O)NC(c1ccccc1)c1ccccc1. The molecule has 0 spiro atoms. The van der Waals surface area contributed by atoms with Crippen LogP contribution in [0.4, 0.5) is 4.79 Å². The summed E-state index contributed by atoms with van der Waals surface area (Å²) in [5, 5.41) is 11.9. The summed E-state index contributed by atoms with van der Waals surface area (Å²) < 4.78 is 0. The van der Waals surface area contributed by atoms with E-state index < -0.39 is 30.2 Å². The molecule has 10 heteroatoms. The van der Waals surface area contributed by atoms with Gasteiger partial charge in [-0.15, -0.1) is 0 Å². The molecule has 0 radical (unpaired) electrons. The summed E-state index contributed by atoms with van der Waals surface area (Å²) in [7, 11) is 1.71. The number of hydrogen-bond donors (Lipinski definition) is 5. The van der Waals surface area contributed by atoms with Gasteiger partial charge in [0.1, 0.15) is 12.1 Å². The van der Waals surface area contributed by atoms with E-state index in [0.29, 0.717) is 32.1 Å². The largest absolute Gasteiger partial charge is 0.352 e. The molecule has 2 aliphatic rings. The van der Waals surface area contributed by atoms with Crippen LogP contribution in [0.25, 0.3) is 0 Å². The van der Waals surface area contributed by atoms with Crippen LogP contribution in [0.5, 0.6) is 0 Å². The smallest absolute Gasteiger partial charge is 0.312 e. The van der Waals surface area contributed by atoms with Crippen LogP contribution in [0.1, 0.15) is 48.4 Å². The summed E-state index contributed by atoms with van der Waals surface area (Å²) >= 11 is 0. The second kappa shape index (κ2) is 14.9. The van der Waals surface area contributed by atoms with Crippen LogP contribution in [-0.2, 0) is 20.8 Å². The molecule has 10 nitrogen and oxygen atoms in total. The van der Waals surface area contributed by atoms with Crippen LogP contribution >= 0.6 is 0 Å². The lowest BCUT2D eigenvalue weighted by Gasteiger charge is -2.33. The zero-order valence-electron chi connectivity index (χ0n) is 25.5. The van der Waals surface area contributed by atoms with E-state index in [-0.39, 0.29) is 36.2 Å². The van der Waals surface area contributed by atoms with Crippen molar-refractivity contribution in [3.05, 3.63) is 108 Å². The Balaban J connectivity index is 1.38. The number of likely N-dealkylation sites (N-methyl/N-ethyl adjacent to an activating group) is 1. The number of nitrogens with two attached hydrogens (primary N) is 1. The first kappa shape index (κ1) is 31.7. The number of nitrogens with zero attached hydrogens (tertiary/aromatic N) is 1. The molecule has 3 aromatic carbocycles. The molecule has 0 saturated carbocycles. The molecule has 6 N–H and O–H groups in total. The van der Waals surface area contributed by atoms with E-state index in [9.17, 15) is 19.2 Å². The average Bonchev–Trinajstić information content (AvgIpc) is 3.45. The molecule has 3 aromatic rings. The summed E-state index contributed by atoms with van der Waals surface area (Å²) in [6, 6.07) is 25.7. The lowest BCUT2D eigenvalue weighted by Crippen LogP contribution is -2.59. The minimum Gasteiger partial charge on any atom is -0.352 e. The number of nitrogens with one attached hydrogen (secondary N) is 4. The zero-order valence-corrected chi connectivity index (χ0v) is 25.5. The highest BCUT2D eigenvalue weighted by atomic mass is 16.2. The Morgan fingerprint density at radius 2 is 1.42 bits per heavy atom. The van der Waals surface area contributed by atoms with Gasteiger partial charge in [0, 0.05) is 18.5 Å². The summed E-state index contributed by atoms with van der Waals surface area (Å²) in [6.45, 7) is 0.135. The maximum absolute atomic E-state index is 14.4. The van der Waals surface area contributed by atoms with Crippen LogP contribution in [-0.4, -0.2) is 66.4 Å². The predicted octanol–water partition coefficient (Wildman–Crippen LogP) is 2.65. The first-order chi connectivity index (χ1) is 21.9. The van der Waals surface area contributed by atoms with E-state index in [4.69, 9.17) is 5.73 Å². The van der Waals surface area contributed by atoms with E-state index in [1.54, 1.807) is 11.9 Å². The molecule has 2 fully saturated rings. The fourth-order valence-corrected chi connectivity index (χ4v) is 6.64. The summed E-state index contributed by atoms with van der Waals surface area (Å²) in [5.74, 6) is -1.26. The van der Waals surface area contributed by atoms with Crippen LogP contribution in [0.15, 0.2) is 91.0 Å². The molecule has 0 aromatic heterocycles. The van der Waals surface area contributed by atoms with E-state index in [1.807, 2.05) is 91.0 Å². The molecule has 2 heterocycles. The second-order valence-electron chi connectivity index (χ2n) is 11.9. The first-order valence-electron chi connectivity index (χ1n) is 15.6. The molecule has 2 saturated heterocycles. The molecule has 45 heavy (non-hydrogen) atoms. The number of rotatable bonds is 11. The summed E-state index contributed by atoms with van der Waals surface area (Å²) in [6.07, 6.45) is 2.86. The Kier molecular flexibility index (Phi) is 10.5. The van der Waals surface area contributed by atoms with Gasteiger partial charge in [-0.2, -0.15) is 0 Å². The average molecular weight is 611 g/mol. The molecular formula is C35H42N6O4. The Hall–Kier alpha value is -4.70. The first-order valence-corrected chi connectivity index (χ1v) is 15.6. The Morgan fingerprint density at radius 1 is 0.844 bits per heavy atom. The third-order valence-electron chi connectivity index (χ3n) is 9.00. The Bertz CT molecular complexity index is 1420. The number of carbonyl (C=O) groups is 4. The number of amides is 5. The standard InChI is InChI=1S/C35H42N6O4/c1-37-28(21-23-11-5-2-6-12-23)32(42)40-31-26(22-38-35(36)45)17-18-27-19-20-29(41(27)34(31)44)33(43)39-30(24-13-7-3-8-14-24)25-15-9-4-10-16-25/h2-16,26-31,37H,17-22H2,1H3,(H,39,43)(H,40,42)(H3,36,38,45)/t26-,27+,28-,29+,31+/m1/s1. The van der Waals surface area contributed by atoms with Gasteiger partial charge in [0.15, 0.2) is 0 Å². The topological polar surface area (TPSA) is 146 Å². The van der Waals surface area contributed by atoms with Crippen molar-refractivity contribution in [3.63, 3.8) is 0 Å². The molecule has 0 unspecified atom stereocenters. The van der Waals surface area contributed by atoms with Gasteiger partial charge in [-0.1, -0.05) is 91.0 Å². The van der Waals surface area contributed by atoms with Crippen molar-refractivity contribution in [2.24, 2.45) is 11.7 Å².